The summed E-state index contributed by atoms with van der Waals surface area (Å²) >= 11 is 0. The van der Waals surface area contributed by atoms with Gasteiger partial charge in [0.05, 0.1) is 0 Å². The van der Waals surface area contributed by atoms with Gasteiger partial charge < -0.3 is 4.90 Å². The number of rotatable bonds is 0. The maximum atomic E-state index is 2.69. The van der Waals surface area contributed by atoms with Crippen LogP contribution in [-0.2, 0) is 0 Å². The molecule has 2 fully saturated rings. The van der Waals surface area contributed by atoms with E-state index in [-0.39, 0.29) is 0 Å². The van der Waals surface area contributed by atoms with E-state index in [0.717, 1.165) is 12.1 Å². The second kappa shape index (κ2) is 1.58. The number of hydrogen-bond donors (Lipinski definition) is 0. The molecule has 0 radical (unpaired) electrons. The smallest absolute Gasteiger partial charge is 0.0325 e. The highest BCUT2D eigenvalue weighted by Crippen LogP contribution is 2.44. The van der Waals surface area contributed by atoms with E-state index in [1.807, 2.05) is 0 Å². The molecule has 0 unspecified atom stereocenters. The van der Waals surface area contributed by atoms with Crippen LogP contribution in [0.15, 0.2) is 11.8 Å². The summed E-state index contributed by atoms with van der Waals surface area (Å²) in [5.74, 6) is 0. The molecule has 54 valence electrons. The Balaban J connectivity index is 2.03. The largest absolute Gasteiger partial charge is 0.369 e. The van der Waals surface area contributed by atoms with Gasteiger partial charge in [-0.1, -0.05) is 6.08 Å². The summed E-state index contributed by atoms with van der Waals surface area (Å²) in [5.41, 5.74) is 1.67. The SMILES string of the molecule is C1=C2CC[C@H]3CC[C@@H](C1)N23. The molecule has 1 nitrogen and oxygen atoms in total. The first kappa shape index (κ1) is 5.22. The average molecular weight is 135 g/mol. The lowest BCUT2D eigenvalue weighted by atomic mass is 10.1. The van der Waals surface area contributed by atoms with Crippen LogP contribution in [0.25, 0.3) is 0 Å². The maximum absolute atomic E-state index is 2.69. The molecule has 0 aromatic carbocycles. The Bertz CT molecular complexity index is 195. The predicted octanol–water partition coefficient (Wildman–Crippen LogP) is 1.90. The van der Waals surface area contributed by atoms with Crippen molar-refractivity contribution in [1.29, 1.82) is 0 Å². The van der Waals surface area contributed by atoms with Crippen LogP contribution in [-0.4, -0.2) is 17.0 Å². The molecule has 0 saturated carbocycles. The van der Waals surface area contributed by atoms with E-state index in [0.29, 0.717) is 0 Å². The van der Waals surface area contributed by atoms with Crippen LogP contribution in [0.2, 0.25) is 0 Å². The first-order valence-electron chi connectivity index (χ1n) is 4.42. The van der Waals surface area contributed by atoms with Gasteiger partial charge in [-0.15, -0.1) is 0 Å². The number of allylic oxidation sites excluding steroid dienone is 1. The summed E-state index contributed by atoms with van der Waals surface area (Å²) < 4.78 is 0. The van der Waals surface area contributed by atoms with Gasteiger partial charge in [-0.2, -0.15) is 0 Å². The maximum Gasteiger partial charge on any atom is 0.0325 e. The van der Waals surface area contributed by atoms with Crippen molar-refractivity contribution in [3.05, 3.63) is 11.8 Å². The Labute approximate surface area is 61.7 Å². The lowest BCUT2D eigenvalue weighted by molar-refractivity contribution is 0.313. The Morgan fingerprint density at radius 3 is 3.10 bits per heavy atom. The van der Waals surface area contributed by atoms with Crippen molar-refractivity contribution in [2.24, 2.45) is 0 Å². The van der Waals surface area contributed by atoms with Gasteiger partial charge in [0.25, 0.3) is 0 Å². The predicted molar refractivity (Wildman–Crippen MR) is 40.6 cm³/mol. The molecule has 2 atom stereocenters. The highest BCUT2D eigenvalue weighted by molar-refractivity contribution is 5.20. The molecular weight excluding hydrogens is 122 g/mol. The summed E-state index contributed by atoms with van der Waals surface area (Å²) in [6.07, 6.45) is 9.58. The highest BCUT2D eigenvalue weighted by Gasteiger charge is 2.41. The molecule has 3 rings (SSSR count). The summed E-state index contributed by atoms with van der Waals surface area (Å²) in [5, 5.41) is 0. The van der Waals surface area contributed by atoms with Gasteiger partial charge >= 0.3 is 0 Å². The lowest BCUT2D eigenvalue weighted by Gasteiger charge is -2.20. The van der Waals surface area contributed by atoms with Crippen molar-refractivity contribution in [2.75, 3.05) is 0 Å². The topological polar surface area (TPSA) is 3.24 Å². The van der Waals surface area contributed by atoms with Crippen LogP contribution in [0.1, 0.15) is 32.1 Å². The third-order valence-corrected chi connectivity index (χ3v) is 3.31. The van der Waals surface area contributed by atoms with Crippen molar-refractivity contribution in [3.63, 3.8) is 0 Å². The van der Waals surface area contributed by atoms with E-state index in [4.69, 9.17) is 0 Å². The molecule has 0 N–H and O–H groups in total. The molecule has 1 heteroatoms. The zero-order chi connectivity index (χ0) is 6.55. The Morgan fingerprint density at radius 1 is 1.20 bits per heavy atom. The van der Waals surface area contributed by atoms with Gasteiger partial charge in [-0.25, -0.2) is 0 Å². The Kier molecular flexibility index (Phi) is 0.825. The quantitative estimate of drug-likeness (QED) is 0.490. The third-order valence-electron chi connectivity index (χ3n) is 3.31. The minimum atomic E-state index is 0.933. The van der Waals surface area contributed by atoms with E-state index in [9.17, 15) is 0 Å². The molecule has 3 aliphatic rings. The Morgan fingerprint density at radius 2 is 2.10 bits per heavy atom. The number of nitrogens with zero attached hydrogens (tertiary/aromatic N) is 1. The lowest BCUT2D eigenvalue weighted by Crippen LogP contribution is -2.25. The Hall–Kier alpha value is -0.460. The molecule has 2 saturated heterocycles. The van der Waals surface area contributed by atoms with Gasteiger partial charge in [0.1, 0.15) is 0 Å². The summed E-state index contributed by atoms with van der Waals surface area (Å²) in [4.78, 5) is 2.69. The van der Waals surface area contributed by atoms with Gasteiger partial charge in [0, 0.05) is 17.8 Å². The van der Waals surface area contributed by atoms with Crippen molar-refractivity contribution in [1.82, 2.24) is 4.90 Å². The standard InChI is InChI=1S/C9H13N/c1-2-8-5-6-9-4-3-7(1)10(8)9/h1,8-9H,2-6H2/t8-,9+/m1/s1. The molecule has 0 amide bonds. The summed E-state index contributed by atoms with van der Waals surface area (Å²) in [6.45, 7) is 0. The first-order chi connectivity index (χ1) is 4.95. The molecule has 3 heterocycles. The average Bonchev–Trinajstić information content (AvgIpc) is 2.56. The fourth-order valence-corrected chi connectivity index (χ4v) is 2.87. The van der Waals surface area contributed by atoms with E-state index in [1.165, 1.54) is 32.1 Å². The second-order valence-corrected chi connectivity index (χ2v) is 3.76. The van der Waals surface area contributed by atoms with Crippen LogP contribution >= 0.6 is 0 Å². The van der Waals surface area contributed by atoms with Crippen molar-refractivity contribution >= 4 is 0 Å². The molecule has 0 spiro atoms. The van der Waals surface area contributed by atoms with Gasteiger partial charge in [0.2, 0.25) is 0 Å². The molecule has 0 bridgehead atoms. The number of hydrogen-bond acceptors (Lipinski definition) is 1. The molecule has 3 aliphatic heterocycles. The second-order valence-electron chi connectivity index (χ2n) is 3.76. The molecule has 10 heavy (non-hydrogen) atoms. The minimum absolute atomic E-state index is 0.933. The normalized spacial score (nSPS) is 42.4. The van der Waals surface area contributed by atoms with E-state index >= 15 is 0 Å². The van der Waals surface area contributed by atoms with E-state index < -0.39 is 0 Å². The van der Waals surface area contributed by atoms with Crippen molar-refractivity contribution < 1.29 is 0 Å². The molecular formula is C9H13N. The molecule has 0 aromatic rings. The van der Waals surface area contributed by atoms with Crippen LogP contribution in [0.4, 0.5) is 0 Å². The van der Waals surface area contributed by atoms with Gasteiger partial charge in [-0.05, 0) is 32.1 Å². The monoisotopic (exact) mass is 135 g/mol. The van der Waals surface area contributed by atoms with Crippen molar-refractivity contribution in [2.45, 2.75) is 44.2 Å². The zero-order valence-corrected chi connectivity index (χ0v) is 6.21. The van der Waals surface area contributed by atoms with E-state index in [2.05, 4.69) is 11.0 Å². The molecule has 0 aromatic heterocycles. The zero-order valence-electron chi connectivity index (χ0n) is 6.21. The van der Waals surface area contributed by atoms with Crippen LogP contribution in [0.3, 0.4) is 0 Å². The minimum Gasteiger partial charge on any atom is -0.369 e. The van der Waals surface area contributed by atoms with E-state index in [1.54, 1.807) is 5.70 Å². The van der Waals surface area contributed by atoms with Crippen LogP contribution < -0.4 is 0 Å². The van der Waals surface area contributed by atoms with Gasteiger partial charge in [0.15, 0.2) is 0 Å². The first-order valence-corrected chi connectivity index (χ1v) is 4.42. The van der Waals surface area contributed by atoms with Crippen LogP contribution in [0.5, 0.6) is 0 Å². The molecule has 0 aliphatic carbocycles. The fourth-order valence-electron chi connectivity index (χ4n) is 2.87. The van der Waals surface area contributed by atoms with Crippen LogP contribution in [0, 0.1) is 0 Å². The fraction of sp³-hybridized carbons (Fsp3) is 0.778. The highest BCUT2D eigenvalue weighted by atomic mass is 15.3. The summed E-state index contributed by atoms with van der Waals surface area (Å²) in [6, 6.07) is 1.89. The van der Waals surface area contributed by atoms with Gasteiger partial charge in [-0.3, -0.25) is 0 Å². The third kappa shape index (κ3) is 0.458. The summed E-state index contributed by atoms with van der Waals surface area (Å²) in [7, 11) is 0. The van der Waals surface area contributed by atoms with Crippen molar-refractivity contribution in [3.8, 4) is 0 Å².